The fourth-order valence-electron chi connectivity index (χ4n) is 1.86. The lowest BCUT2D eigenvalue weighted by molar-refractivity contribution is -0.463. The van der Waals surface area contributed by atoms with Crippen LogP contribution in [-0.4, -0.2) is 96.7 Å². The number of halogens is 16. The number of aliphatic carboxylic acids is 2. The minimum absolute atomic E-state index is 1.03. The Hall–Kier alpha value is -2.34. The van der Waals surface area contributed by atoms with Crippen LogP contribution >= 0.6 is 0 Å². The van der Waals surface area contributed by atoms with Gasteiger partial charge in [-0.3, -0.25) is 0 Å². The van der Waals surface area contributed by atoms with E-state index in [1.165, 1.54) is 0 Å². The maximum absolute atomic E-state index is 13.4. The molecule has 0 radical (unpaired) electrons. The molecule has 0 aromatic carbocycles. The van der Waals surface area contributed by atoms with Crippen molar-refractivity contribution in [1.29, 1.82) is 0 Å². The molecule has 0 aromatic rings. The minimum atomic E-state index is -6.63. The van der Waals surface area contributed by atoms with Gasteiger partial charge >= 0.3 is 60.1 Å². The van der Waals surface area contributed by atoms with Crippen molar-refractivity contribution in [1.82, 2.24) is 0 Å². The second kappa shape index (κ2) is 12.3. The molecule has 0 spiro atoms. The largest absolute Gasteiger partial charge is 0.477 e. The molecule has 0 saturated heterocycles. The summed E-state index contributed by atoms with van der Waals surface area (Å²) in [6, 6.07) is 0. The maximum atomic E-state index is 13.4. The van der Waals surface area contributed by atoms with Crippen molar-refractivity contribution in [2.45, 2.75) is 61.0 Å². The zero-order valence-electron chi connectivity index (χ0n) is 18.6. The Morgan fingerprint density at radius 2 is 0.700 bits per heavy atom. The van der Waals surface area contributed by atoms with Gasteiger partial charge in [0.15, 0.2) is 0 Å². The first-order chi connectivity index (χ1) is 17.5. The molecule has 0 aliphatic rings. The van der Waals surface area contributed by atoms with Gasteiger partial charge in [-0.05, 0) is 0 Å². The number of hydrogen-bond donors (Lipinski definition) is 2. The van der Waals surface area contributed by atoms with Gasteiger partial charge in [-0.15, -0.1) is 0 Å². The van der Waals surface area contributed by atoms with Crippen LogP contribution in [0.5, 0.6) is 0 Å². The van der Waals surface area contributed by atoms with Crippen molar-refractivity contribution in [3.63, 3.8) is 0 Å². The highest BCUT2D eigenvalue weighted by Crippen LogP contribution is 2.47. The summed E-state index contributed by atoms with van der Waals surface area (Å²) in [5, 5.41) is 15.8. The van der Waals surface area contributed by atoms with Crippen LogP contribution in [-0.2, 0) is 28.5 Å². The molecule has 0 bridgehead atoms. The summed E-state index contributed by atoms with van der Waals surface area (Å²) in [4.78, 5) is 20.0. The van der Waals surface area contributed by atoms with Gasteiger partial charge < -0.3 is 19.7 Å². The molecule has 0 heterocycles. The molecule has 2 N–H and O–H groups in total. The fraction of sp³-hybridized carbons (Fsp3) is 0.875. The highest BCUT2D eigenvalue weighted by molar-refractivity contribution is 5.76. The number of hydrogen-bond acceptors (Lipinski definition) is 6. The number of carboxylic acids is 2. The lowest BCUT2D eigenvalue weighted by atomic mass is 10.2. The van der Waals surface area contributed by atoms with Crippen LogP contribution in [0.2, 0.25) is 0 Å². The van der Waals surface area contributed by atoms with Crippen LogP contribution in [0.4, 0.5) is 70.2 Å². The fourth-order valence-corrected chi connectivity index (χ4v) is 1.86. The second-order valence-electron chi connectivity index (χ2n) is 7.16. The molecule has 0 amide bonds. The second-order valence-corrected chi connectivity index (χ2v) is 7.16. The SMILES string of the molecule is O=C(O)C(F)(F)C(F)(F)OC(F)(F)C(F)(F)CCOCCOCCC(F)(F)C(F)(F)OC(F)(F)C(F)(F)C(=O)O. The molecule has 8 nitrogen and oxygen atoms in total. The average Bonchev–Trinajstić information content (AvgIpc) is 2.73. The molecule has 0 rings (SSSR count). The molecule has 238 valence electrons. The Morgan fingerprint density at radius 3 is 0.925 bits per heavy atom. The number of ether oxygens (including phenoxy) is 4. The van der Waals surface area contributed by atoms with Gasteiger partial charge in [0.1, 0.15) is 0 Å². The Bertz CT molecular complexity index is 809. The molecular formula is C16H14F16O8. The van der Waals surface area contributed by atoms with E-state index in [2.05, 4.69) is 18.9 Å². The Kier molecular flexibility index (Phi) is 11.5. The third-order valence-corrected chi connectivity index (χ3v) is 4.13. The summed E-state index contributed by atoms with van der Waals surface area (Å²) in [7, 11) is 0. The minimum Gasteiger partial charge on any atom is -0.477 e. The summed E-state index contributed by atoms with van der Waals surface area (Å²) in [5.41, 5.74) is 0. The van der Waals surface area contributed by atoms with Crippen LogP contribution in [0.1, 0.15) is 12.8 Å². The first-order valence-electron chi connectivity index (χ1n) is 9.56. The normalized spacial score (nSPS) is 14.9. The third kappa shape index (κ3) is 8.58. The van der Waals surface area contributed by atoms with Crippen molar-refractivity contribution in [3.05, 3.63) is 0 Å². The van der Waals surface area contributed by atoms with Crippen molar-refractivity contribution in [2.24, 2.45) is 0 Å². The predicted molar refractivity (Wildman–Crippen MR) is 87.9 cm³/mol. The quantitative estimate of drug-likeness (QED) is 0.152. The van der Waals surface area contributed by atoms with E-state index >= 15 is 0 Å². The summed E-state index contributed by atoms with van der Waals surface area (Å²) in [6.07, 6.45) is -30.6. The maximum Gasteiger partial charge on any atom is 0.435 e. The molecule has 0 unspecified atom stereocenters. The van der Waals surface area contributed by atoms with E-state index in [9.17, 15) is 79.8 Å². The Morgan fingerprint density at radius 1 is 0.450 bits per heavy atom. The van der Waals surface area contributed by atoms with Crippen LogP contribution in [0.25, 0.3) is 0 Å². The highest BCUT2D eigenvalue weighted by atomic mass is 19.4. The van der Waals surface area contributed by atoms with E-state index in [0.717, 1.165) is 0 Å². The van der Waals surface area contributed by atoms with Gasteiger partial charge in [0.2, 0.25) is 0 Å². The van der Waals surface area contributed by atoms with Crippen LogP contribution in [0.3, 0.4) is 0 Å². The molecule has 0 atom stereocenters. The van der Waals surface area contributed by atoms with Gasteiger partial charge in [-0.1, -0.05) is 0 Å². The molecule has 0 aromatic heterocycles. The van der Waals surface area contributed by atoms with Crippen molar-refractivity contribution >= 4 is 11.9 Å². The van der Waals surface area contributed by atoms with Gasteiger partial charge in [-0.2, -0.15) is 70.2 Å². The van der Waals surface area contributed by atoms with Gasteiger partial charge in [-0.25, -0.2) is 19.1 Å². The van der Waals surface area contributed by atoms with Gasteiger partial charge in [0.05, 0.1) is 26.4 Å². The number of rotatable bonds is 19. The zero-order chi connectivity index (χ0) is 32.2. The van der Waals surface area contributed by atoms with E-state index in [1.54, 1.807) is 0 Å². The first-order valence-corrected chi connectivity index (χ1v) is 9.56. The van der Waals surface area contributed by atoms with Crippen molar-refractivity contribution < 1.29 is 109 Å². The molecule has 0 aliphatic carbocycles. The zero-order valence-corrected chi connectivity index (χ0v) is 18.6. The molecule has 0 fully saturated rings. The van der Waals surface area contributed by atoms with E-state index in [-0.39, 0.29) is 0 Å². The summed E-state index contributed by atoms with van der Waals surface area (Å²) in [6.45, 7) is -5.16. The van der Waals surface area contributed by atoms with Gasteiger partial charge in [0.25, 0.3) is 0 Å². The topological polar surface area (TPSA) is 112 Å². The third-order valence-electron chi connectivity index (χ3n) is 4.13. The lowest BCUT2D eigenvalue weighted by Gasteiger charge is -2.31. The van der Waals surface area contributed by atoms with E-state index in [4.69, 9.17) is 10.2 Å². The molecule has 40 heavy (non-hydrogen) atoms. The number of alkyl halides is 16. The van der Waals surface area contributed by atoms with E-state index < -0.39 is 99.3 Å². The lowest BCUT2D eigenvalue weighted by Crippen LogP contribution is -2.56. The Labute approximate surface area is 209 Å². The average molecular weight is 638 g/mol. The summed E-state index contributed by atoms with van der Waals surface area (Å²) in [5.74, 6) is -31.5. The molecule has 0 saturated carbocycles. The van der Waals surface area contributed by atoms with Crippen molar-refractivity contribution in [2.75, 3.05) is 26.4 Å². The van der Waals surface area contributed by atoms with E-state index in [1.807, 2.05) is 0 Å². The van der Waals surface area contributed by atoms with Gasteiger partial charge in [0, 0.05) is 12.8 Å². The summed E-state index contributed by atoms with van der Waals surface area (Å²) < 4.78 is 222. The smallest absolute Gasteiger partial charge is 0.435 e. The van der Waals surface area contributed by atoms with Crippen LogP contribution in [0.15, 0.2) is 0 Å². The summed E-state index contributed by atoms with van der Waals surface area (Å²) >= 11 is 0. The highest BCUT2D eigenvalue weighted by Gasteiger charge is 2.73. The number of carboxylic acid groups (broad SMARTS) is 2. The van der Waals surface area contributed by atoms with Crippen LogP contribution < -0.4 is 0 Å². The molecule has 0 aliphatic heterocycles. The van der Waals surface area contributed by atoms with Crippen molar-refractivity contribution in [3.8, 4) is 0 Å². The molecule has 24 heteroatoms. The first kappa shape index (κ1) is 37.7. The standard InChI is InChI=1S/C16H14F16O8/c17-9(18,13(25,26)39-15(29,30)11(21,22)7(33)34)1-3-37-5-6-38-4-2-10(19,20)14(27,28)40-16(31,32)12(23,24)8(35)36/h1-6H2,(H,33,34)(H,35,36). The number of carbonyl (C=O) groups is 2. The Balaban J connectivity index is 4.75. The van der Waals surface area contributed by atoms with E-state index in [0.29, 0.717) is 0 Å². The van der Waals surface area contributed by atoms with Crippen LogP contribution in [0, 0.1) is 0 Å². The monoisotopic (exact) mass is 638 g/mol. The molecular weight excluding hydrogens is 624 g/mol. The predicted octanol–water partition coefficient (Wildman–Crippen LogP) is 4.91.